The van der Waals surface area contributed by atoms with Crippen molar-refractivity contribution in [3.05, 3.63) is 58.7 Å². The molecule has 1 N–H and O–H groups in total. The number of rotatable bonds is 3. The van der Waals surface area contributed by atoms with Crippen molar-refractivity contribution in [1.29, 1.82) is 0 Å². The van der Waals surface area contributed by atoms with Gasteiger partial charge in [0.1, 0.15) is 17.0 Å². The van der Waals surface area contributed by atoms with Crippen LogP contribution in [0, 0.1) is 5.82 Å². The van der Waals surface area contributed by atoms with Crippen molar-refractivity contribution in [2.24, 2.45) is 0 Å². The number of fused-ring (bicyclic) bond motifs is 1. The van der Waals surface area contributed by atoms with Gasteiger partial charge >= 0.3 is 5.63 Å². The highest BCUT2D eigenvalue weighted by Gasteiger charge is 2.13. The van der Waals surface area contributed by atoms with E-state index in [0.29, 0.717) is 5.39 Å². The van der Waals surface area contributed by atoms with Crippen molar-refractivity contribution in [3.63, 3.8) is 0 Å². The largest absolute Gasteiger partial charge is 0.422 e. The summed E-state index contributed by atoms with van der Waals surface area (Å²) in [5.74, 6) is -1.04. The van der Waals surface area contributed by atoms with E-state index in [-0.39, 0.29) is 17.7 Å². The highest BCUT2D eigenvalue weighted by atomic mass is 19.1. The summed E-state index contributed by atoms with van der Waals surface area (Å²) in [6.07, 6.45) is 1.49. The van der Waals surface area contributed by atoms with Crippen molar-refractivity contribution < 1.29 is 13.6 Å². The van der Waals surface area contributed by atoms with Crippen LogP contribution < -0.4 is 10.9 Å². The summed E-state index contributed by atoms with van der Waals surface area (Å²) in [6, 6.07) is 5.03. The summed E-state index contributed by atoms with van der Waals surface area (Å²) in [4.78, 5) is 23.2. The molecule has 0 atom stereocenters. The van der Waals surface area contributed by atoms with Crippen molar-refractivity contribution in [1.82, 2.24) is 5.32 Å². The van der Waals surface area contributed by atoms with E-state index in [1.807, 2.05) is 0 Å². The summed E-state index contributed by atoms with van der Waals surface area (Å²) in [5, 5.41) is 2.82. The molecule has 4 nitrogen and oxygen atoms in total. The molecular weight excluding hydrogens is 237 g/mol. The van der Waals surface area contributed by atoms with Gasteiger partial charge in [0.15, 0.2) is 0 Å². The zero-order valence-corrected chi connectivity index (χ0v) is 9.40. The topological polar surface area (TPSA) is 59.3 Å². The van der Waals surface area contributed by atoms with Gasteiger partial charge in [-0.05, 0) is 24.3 Å². The van der Waals surface area contributed by atoms with E-state index < -0.39 is 17.3 Å². The van der Waals surface area contributed by atoms with Crippen LogP contribution in [0.1, 0.15) is 10.4 Å². The molecule has 1 heterocycles. The third kappa shape index (κ3) is 2.29. The summed E-state index contributed by atoms with van der Waals surface area (Å²) < 4.78 is 18.0. The third-order valence-corrected chi connectivity index (χ3v) is 2.35. The van der Waals surface area contributed by atoms with Gasteiger partial charge in [0.2, 0.25) is 0 Å². The Hall–Kier alpha value is -2.43. The Bertz CT molecular complexity index is 675. The van der Waals surface area contributed by atoms with Gasteiger partial charge in [-0.1, -0.05) is 6.08 Å². The predicted molar refractivity (Wildman–Crippen MR) is 65.0 cm³/mol. The molecule has 1 aromatic heterocycles. The summed E-state index contributed by atoms with van der Waals surface area (Å²) in [7, 11) is 0. The van der Waals surface area contributed by atoms with Gasteiger partial charge in [0, 0.05) is 11.9 Å². The Balaban J connectivity index is 2.51. The number of amides is 1. The molecule has 5 heteroatoms. The maximum absolute atomic E-state index is 13.0. The Morgan fingerprint density at radius 3 is 2.94 bits per heavy atom. The Kier molecular flexibility index (Phi) is 3.23. The molecule has 0 aliphatic rings. The van der Waals surface area contributed by atoms with Crippen molar-refractivity contribution in [3.8, 4) is 0 Å². The Labute approximate surface area is 102 Å². The first-order valence-electron chi connectivity index (χ1n) is 5.24. The molecule has 0 unspecified atom stereocenters. The highest BCUT2D eigenvalue weighted by Crippen LogP contribution is 2.14. The zero-order chi connectivity index (χ0) is 13.1. The lowest BCUT2D eigenvalue weighted by atomic mass is 10.1. The van der Waals surface area contributed by atoms with Crippen molar-refractivity contribution >= 4 is 16.9 Å². The molecule has 2 rings (SSSR count). The second kappa shape index (κ2) is 4.83. The van der Waals surface area contributed by atoms with Gasteiger partial charge in [-0.15, -0.1) is 6.58 Å². The summed E-state index contributed by atoms with van der Waals surface area (Å²) in [6.45, 7) is 3.68. The van der Waals surface area contributed by atoms with Gasteiger partial charge < -0.3 is 9.73 Å². The normalized spacial score (nSPS) is 10.3. The molecule has 0 saturated heterocycles. The first-order valence-corrected chi connectivity index (χ1v) is 5.24. The lowest BCUT2D eigenvalue weighted by molar-refractivity contribution is 0.0954. The van der Waals surface area contributed by atoms with Gasteiger partial charge in [0.25, 0.3) is 5.91 Å². The minimum atomic E-state index is -0.754. The van der Waals surface area contributed by atoms with Crippen molar-refractivity contribution in [2.45, 2.75) is 0 Å². The predicted octanol–water partition coefficient (Wildman–Crippen LogP) is 1.85. The number of nitrogens with one attached hydrogen (secondary N) is 1. The summed E-state index contributed by atoms with van der Waals surface area (Å²) in [5.41, 5.74) is -0.674. The molecule has 2 aromatic rings. The maximum Gasteiger partial charge on any atom is 0.349 e. The smallest absolute Gasteiger partial charge is 0.349 e. The second-order valence-electron chi connectivity index (χ2n) is 3.63. The molecule has 1 amide bonds. The molecule has 0 bridgehead atoms. The first-order chi connectivity index (χ1) is 8.61. The van der Waals surface area contributed by atoms with E-state index in [4.69, 9.17) is 4.42 Å². The number of halogens is 1. The number of benzene rings is 1. The molecule has 0 radical (unpaired) electrons. The standard InChI is InChI=1S/C13H10FNO3/c1-2-5-15-12(16)10-7-8-6-9(14)3-4-11(8)18-13(10)17/h2-4,6-7H,1,5H2,(H,15,16). The number of carbonyl (C=O) groups excluding carboxylic acids is 1. The van der Waals surface area contributed by atoms with Crippen LogP contribution in [0.5, 0.6) is 0 Å². The summed E-state index contributed by atoms with van der Waals surface area (Å²) >= 11 is 0. The van der Waals surface area contributed by atoms with Crippen LogP contribution in [0.15, 0.2) is 46.1 Å². The molecule has 0 aliphatic carbocycles. The molecule has 0 saturated carbocycles. The fourth-order valence-electron chi connectivity index (χ4n) is 1.51. The average molecular weight is 247 g/mol. The second-order valence-corrected chi connectivity index (χ2v) is 3.63. The van der Waals surface area contributed by atoms with Gasteiger partial charge in [0.05, 0.1) is 0 Å². The molecular formula is C13H10FNO3. The van der Waals surface area contributed by atoms with Crippen LogP contribution in [-0.2, 0) is 0 Å². The molecule has 92 valence electrons. The van der Waals surface area contributed by atoms with Gasteiger partial charge in [-0.2, -0.15) is 0 Å². The van der Waals surface area contributed by atoms with E-state index in [1.54, 1.807) is 0 Å². The minimum Gasteiger partial charge on any atom is -0.422 e. The van der Waals surface area contributed by atoms with E-state index in [0.717, 1.165) is 0 Å². The van der Waals surface area contributed by atoms with E-state index in [1.165, 1.54) is 30.3 Å². The van der Waals surface area contributed by atoms with Crippen LogP contribution >= 0.6 is 0 Å². The van der Waals surface area contributed by atoms with Crippen LogP contribution in [0.4, 0.5) is 4.39 Å². The SMILES string of the molecule is C=CCNC(=O)c1cc2cc(F)ccc2oc1=O. The van der Waals surface area contributed by atoms with Crippen molar-refractivity contribution in [2.75, 3.05) is 6.54 Å². The number of carbonyl (C=O) groups is 1. The van der Waals surface area contributed by atoms with E-state index in [2.05, 4.69) is 11.9 Å². The fraction of sp³-hybridized carbons (Fsp3) is 0.0769. The quantitative estimate of drug-likeness (QED) is 0.665. The Morgan fingerprint density at radius 1 is 1.44 bits per heavy atom. The molecule has 1 aromatic carbocycles. The van der Waals surface area contributed by atoms with Gasteiger partial charge in [-0.3, -0.25) is 4.79 Å². The fourth-order valence-corrected chi connectivity index (χ4v) is 1.51. The van der Waals surface area contributed by atoms with Crippen LogP contribution in [0.2, 0.25) is 0 Å². The van der Waals surface area contributed by atoms with Gasteiger partial charge in [-0.25, -0.2) is 9.18 Å². The molecule has 18 heavy (non-hydrogen) atoms. The third-order valence-electron chi connectivity index (χ3n) is 2.35. The monoisotopic (exact) mass is 247 g/mol. The minimum absolute atomic E-state index is 0.157. The zero-order valence-electron chi connectivity index (χ0n) is 9.40. The first kappa shape index (κ1) is 12.0. The lowest BCUT2D eigenvalue weighted by Gasteiger charge is -2.02. The van der Waals surface area contributed by atoms with Crippen LogP contribution in [0.3, 0.4) is 0 Å². The number of hydrogen-bond donors (Lipinski definition) is 1. The highest BCUT2D eigenvalue weighted by molar-refractivity contribution is 5.96. The Morgan fingerprint density at radius 2 is 2.22 bits per heavy atom. The molecule has 0 fully saturated rings. The van der Waals surface area contributed by atoms with E-state index >= 15 is 0 Å². The van der Waals surface area contributed by atoms with Crippen LogP contribution in [-0.4, -0.2) is 12.5 Å². The average Bonchev–Trinajstić information content (AvgIpc) is 2.35. The van der Waals surface area contributed by atoms with Crippen LogP contribution in [0.25, 0.3) is 11.0 Å². The molecule has 0 aliphatic heterocycles. The number of hydrogen-bond acceptors (Lipinski definition) is 3. The maximum atomic E-state index is 13.0. The molecule has 0 spiro atoms. The lowest BCUT2D eigenvalue weighted by Crippen LogP contribution is -2.28. The van der Waals surface area contributed by atoms with E-state index in [9.17, 15) is 14.0 Å².